The van der Waals surface area contributed by atoms with Crippen LogP contribution in [0.4, 0.5) is 0 Å². The molecule has 0 aromatic carbocycles. The fraction of sp³-hybridized carbons (Fsp3) is 0.538. The van der Waals surface area contributed by atoms with E-state index in [2.05, 4.69) is 4.74 Å². The van der Waals surface area contributed by atoms with Crippen molar-refractivity contribution in [3.8, 4) is 0 Å². The summed E-state index contributed by atoms with van der Waals surface area (Å²) in [7, 11) is 1.25. The number of carbonyl (C=O) groups excluding carboxylic acids is 2. The first kappa shape index (κ1) is 23.6. The number of rotatable bonds is 4. The number of hydrogen-bond acceptors (Lipinski definition) is 6. The SMILES string of the molecule is CCC(C)OC(=O)/C=C(\C)O.COC(=O)/C=C(\C)O.[Al+3]. The maximum atomic E-state index is 10.8. The quantitative estimate of drug-likeness (QED) is 0.357. The van der Waals surface area contributed by atoms with Gasteiger partial charge in [-0.1, -0.05) is 6.92 Å². The first-order valence-electron chi connectivity index (χ1n) is 5.76. The summed E-state index contributed by atoms with van der Waals surface area (Å²) in [5, 5.41) is 17.1. The Hall–Kier alpha value is -1.45. The average Bonchev–Trinajstić information content (AvgIpc) is 2.27. The fourth-order valence-electron chi connectivity index (χ4n) is 0.716. The van der Waals surface area contributed by atoms with Crippen molar-refractivity contribution in [3.05, 3.63) is 23.7 Å². The molecule has 110 valence electrons. The van der Waals surface area contributed by atoms with E-state index in [-0.39, 0.29) is 35.0 Å². The van der Waals surface area contributed by atoms with Crippen molar-refractivity contribution in [1.29, 1.82) is 0 Å². The number of allylic oxidation sites excluding steroid dienone is 2. The van der Waals surface area contributed by atoms with Crippen molar-refractivity contribution >= 4 is 29.3 Å². The van der Waals surface area contributed by atoms with Crippen LogP contribution in [-0.2, 0) is 19.1 Å². The molecule has 0 heterocycles. The summed E-state index contributed by atoms with van der Waals surface area (Å²) in [5.41, 5.74) is 0. The second-order valence-electron chi connectivity index (χ2n) is 3.75. The van der Waals surface area contributed by atoms with E-state index in [0.717, 1.165) is 18.6 Å². The smallest absolute Gasteiger partial charge is 0.512 e. The van der Waals surface area contributed by atoms with Crippen molar-refractivity contribution in [2.24, 2.45) is 0 Å². The summed E-state index contributed by atoms with van der Waals surface area (Å²) in [5.74, 6) is -1.10. The number of aliphatic hydroxyl groups is 2. The van der Waals surface area contributed by atoms with Gasteiger partial charge in [-0.2, -0.15) is 0 Å². The molecule has 20 heavy (non-hydrogen) atoms. The molecule has 0 rings (SSSR count). The molecule has 0 amide bonds. The molecule has 0 aliphatic rings. The third-order valence-electron chi connectivity index (χ3n) is 1.75. The summed E-state index contributed by atoms with van der Waals surface area (Å²) in [6.07, 6.45) is 2.76. The van der Waals surface area contributed by atoms with Gasteiger partial charge in [0.15, 0.2) is 0 Å². The number of carbonyl (C=O) groups is 2. The van der Waals surface area contributed by atoms with Crippen molar-refractivity contribution in [3.63, 3.8) is 0 Å². The number of ether oxygens (including phenoxy) is 2. The summed E-state index contributed by atoms with van der Waals surface area (Å²) in [6.45, 7) is 6.56. The first-order chi connectivity index (χ1) is 8.72. The number of esters is 2. The van der Waals surface area contributed by atoms with Gasteiger partial charge in [-0.05, 0) is 27.2 Å². The Kier molecular flexibility index (Phi) is 16.5. The number of aliphatic hydroxyl groups excluding tert-OH is 2. The molecule has 0 saturated carbocycles. The fourth-order valence-corrected chi connectivity index (χ4v) is 0.716. The van der Waals surface area contributed by atoms with Crippen LogP contribution >= 0.6 is 0 Å². The van der Waals surface area contributed by atoms with Gasteiger partial charge in [-0.3, -0.25) is 0 Å². The van der Waals surface area contributed by atoms with E-state index in [0.29, 0.717) is 0 Å². The largest absolute Gasteiger partial charge is 3.00 e. The van der Waals surface area contributed by atoms with Crippen LogP contribution in [0.1, 0.15) is 34.1 Å². The molecule has 0 aromatic heterocycles. The van der Waals surface area contributed by atoms with Crippen LogP contribution in [0.2, 0.25) is 0 Å². The molecule has 0 aliphatic heterocycles. The Morgan fingerprint density at radius 3 is 1.75 bits per heavy atom. The molecule has 1 atom stereocenters. The van der Waals surface area contributed by atoms with Crippen molar-refractivity contribution < 1.29 is 29.3 Å². The van der Waals surface area contributed by atoms with E-state index < -0.39 is 11.9 Å². The zero-order valence-corrected chi connectivity index (χ0v) is 13.7. The van der Waals surface area contributed by atoms with E-state index in [1.165, 1.54) is 21.0 Å². The minimum Gasteiger partial charge on any atom is -0.512 e. The first-order valence-corrected chi connectivity index (χ1v) is 5.76. The molecular formula is C13H22AlO6+3. The van der Waals surface area contributed by atoms with E-state index in [1.54, 1.807) is 6.92 Å². The second kappa shape index (κ2) is 14.0. The van der Waals surface area contributed by atoms with Gasteiger partial charge >= 0.3 is 29.3 Å². The van der Waals surface area contributed by atoms with Crippen molar-refractivity contribution in [2.75, 3.05) is 7.11 Å². The van der Waals surface area contributed by atoms with Crippen LogP contribution in [-0.4, -0.2) is 52.7 Å². The van der Waals surface area contributed by atoms with Gasteiger partial charge < -0.3 is 19.7 Å². The van der Waals surface area contributed by atoms with E-state index >= 15 is 0 Å². The molecule has 0 bridgehead atoms. The molecule has 6 nitrogen and oxygen atoms in total. The van der Waals surface area contributed by atoms with Crippen molar-refractivity contribution in [1.82, 2.24) is 0 Å². The molecular weight excluding hydrogens is 279 g/mol. The molecule has 0 spiro atoms. The zero-order valence-electron chi connectivity index (χ0n) is 12.5. The minimum atomic E-state index is -0.537. The van der Waals surface area contributed by atoms with E-state index in [9.17, 15) is 9.59 Å². The molecule has 0 saturated heterocycles. The average molecular weight is 301 g/mol. The minimum absolute atomic E-state index is 0. The number of methoxy groups -OCH3 is 1. The molecule has 0 aliphatic carbocycles. The molecule has 0 fully saturated rings. The van der Waals surface area contributed by atoms with Gasteiger partial charge in [0.05, 0.1) is 36.9 Å². The van der Waals surface area contributed by atoms with Crippen LogP contribution in [0.3, 0.4) is 0 Å². The summed E-state index contributed by atoms with van der Waals surface area (Å²) in [4.78, 5) is 20.9. The Morgan fingerprint density at radius 2 is 1.50 bits per heavy atom. The molecule has 7 heteroatoms. The molecule has 0 radical (unpaired) electrons. The summed E-state index contributed by atoms with van der Waals surface area (Å²) >= 11 is 0. The third-order valence-corrected chi connectivity index (χ3v) is 1.75. The number of hydrogen-bond donors (Lipinski definition) is 2. The predicted octanol–water partition coefficient (Wildman–Crippen LogP) is 2.03. The van der Waals surface area contributed by atoms with E-state index in [1.807, 2.05) is 6.92 Å². The van der Waals surface area contributed by atoms with Crippen molar-refractivity contribution in [2.45, 2.75) is 40.2 Å². The molecule has 1 unspecified atom stereocenters. The Labute approximate surface area is 130 Å². The second-order valence-corrected chi connectivity index (χ2v) is 3.75. The maximum absolute atomic E-state index is 10.8. The Balaban J connectivity index is -0.000000288. The Bertz CT molecular complexity index is 341. The van der Waals surface area contributed by atoms with Crippen LogP contribution in [0, 0.1) is 0 Å². The summed E-state index contributed by atoms with van der Waals surface area (Å²) < 4.78 is 9.02. The Morgan fingerprint density at radius 1 is 1.10 bits per heavy atom. The van der Waals surface area contributed by atoms with Gasteiger partial charge in [0.2, 0.25) is 0 Å². The van der Waals surface area contributed by atoms with Crippen LogP contribution in [0.25, 0.3) is 0 Å². The zero-order chi connectivity index (χ0) is 15.4. The van der Waals surface area contributed by atoms with E-state index in [4.69, 9.17) is 14.9 Å². The van der Waals surface area contributed by atoms with Gasteiger partial charge in [0.1, 0.15) is 0 Å². The normalized spacial score (nSPS) is 12.2. The van der Waals surface area contributed by atoms with Crippen LogP contribution in [0.5, 0.6) is 0 Å². The van der Waals surface area contributed by atoms with Crippen LogP contribution < -0.4 is 0 Å². The monoisotopic (exact) mass is 301 g/mol. The topological polar surface area (TPSA) is 93.1 Å². The van der Waals surface area contributed by atoms with Gasteiger partial charge in [-0.15, -0.1) is 0 Å². The predicted molar refractivity (Wildman–Crippen MR) is 76.4 cm³/mol. The standard InChI is InChI=1S/C8H14O3.C5H8O3.Al/c1-4-7(3)11-8(10)5-6(2)9;1-4(6)3-5(7)8-2;/h5,7,9H,4H2,1-3H3;3,6H,1-2H3;/q;;+3/b6-5+;4-3+;. The molecule has 2 N–H and O–H groups in total. The molecule has 0 aromatic rings. The van der Waals surface area contributed by atoms with Gasteiger partial charge in [0.25, 0.3) is 0 Å². The van der Waals surface area contributed by atoms with Gasteiger partial charge in [-0.25, -0.2) is 9.59 Å². The van der Waals surface area contributed by atoms with Crippen LogP contribution in [0.15, 0.2) is 23.7 Å². The maximum Gasteiger partial charge on any atom is 3.00 e. The third kappa shape index (κ3) is 18.9. The van der Waals surface area contributed by atoms with Gasteiger partial charge in [0, 0.05) is 0 Å². The summed E-state index contributed by atoms with van der Waals surface area (Å²) in [6, 6.07) is 0.